The first-order valence-electron chi connectivity index (χ1n) is 6.74. The van der Waals surface area contributed by atoms with Gasteiger partial charge in [0.2, 0.25) is 5.91 Å². The standard InChI is InChI=1S/C14H26N2O/c1-9-7-15-8-10(2)16(9)12(17)11-13(3,4)14(11,5)6/h9-11,15H,7-8H2,1-6H3. The average Bonchev–Trinajstić information content (AvgIpc) is 2.56. The molecular formula is C14H26N2O. The summed E-state index contributed by atoms with van der Waals surface area (Å²) in [7, 11) is 0. The van der Waals surface area contributed by atoms with E-state index in [-0.39, 0.29) is 16.7 Å². The normalized spacial score (nSPS) is 35.8. The predicted octanol–water partition coefficient (Wildman–Crippen LogP) is 1.88. The molecule has 3 heteroatoms. The van der Waals surface area contributed by atoms with E-state index in [9.17, 15) is 4.79 Å². The summed E-state index contributed by atoms with van der Waals surface area (Å²) in [4.78, 5) is 14.8. The maximum atomic E-state index is 12.7. The van der Waals surface area contributed by atoms with Crippen molar-refractivity contribution in [3.8, 4) is 0 Å². The van der Waals surface area contributed by atoms with Crippen molar-refractivity contribution in [2.45, 2.75) is 53.6 Å². The lowest BCUT2D eigenvalue weighted by atomic mass is 10.0. The number of nitrogens with one attached hydrogen (secondary N) is 1. The Hall–Kier alpha value is -0.570. The Morgan fingerprint density at radius 1 is 1.06 bits per heavy atom. The van der Waals surface area contributed by atoms with Gasteiger partial charge in [-0.25, -0.2) is 0 Å². The molecule has 2 fully saturated rings. The molecule has 1 N–H and O–H groups in total. The summed E-state index contributed by atoms with van der Waals surface area (Å²) < 4.78 is 0. The molecule has 0 radical (unpaired) electrons. The largest absolute Gasteiger partial charge is 0.334 e. The van der Waals surface area contributed by atoms with E-state index < -0.39 is 0 Å². The molecule has 1 heterocycles. The van der Waals surface area contributed by atoms with Gasteiger partial charge in [-0.3, -0.25) is 4.79 Å². The molecule has 0 aromatic carbocycles. The first-order valence-corrected chi connectivity index (χ1v) is 6.74. The summed E-state index contributed by atoms with van der Waals surface area (Å²) in [6, 6.07) is 0.636. The van der Waals surface area contributed by atoms with Crippen LogP contribution in [0.15, 0.2) is 0 Å². The lowest BCUT2D eigenvalue weighted by Gasteiger charge is -2.40. The molecule has 1 saturated heterocycles. The Labute approximate surface area is 105 Å². The van der Waals surface area contributed by atoms with E-state index >= 15 is 0 Å². The predicted molar refractivity (Wildman–Crippen MR) is 69.7 cm³/mol. The van der Waals surface area contributed by atoms with Crippen molar-refractivity contribution in [2.75, 3.05) is 13.1 Å². The Morgan fingerprint density at radius 3 is 1.82 bits per heavy atom. The molecule has 2 unspecified atom stereocenters. The molecule has 98 valence electrons. The van der Waals surface area contributed by atoms with E-state index in [1.807, 2.05) is 0 Å². The van der Waals surface area contributed by atoms with Crippen LogP contribution in [0, 0.1) is 16.7 Å². The third kappa shape index (κ3) is 1.70. The Kier molecular flexibility index (Phi) is 2.81. The molecule has 1 amide bonds. The van der Waals surface area contributed by atoms with Crippen LogP contribution in [0.2, 0.25) is 0 Å². The number of piperazine rings is 1. The van der Waals surface area contributed by atoms with E-state index in [0.29, 0.717) is 18.0 Å². The highest BCUT2D eigenvalue weighted by Crippen LogP contribution is 2.68. The van der Waals surface area contributed by atoms with Crippen molar-refractivity contribution >= 4 is 5.91 Å². The number of nitrogens with zero attached hydrogens (tertiary/aromatic N) is 1. The van der Waals surface area contributed by atoms with Crippen molar-refractivity contribution in [2.24, 2.45) is 16.7 Å². The molecule has 1 aliphatic heterocycles. The highest BCUT2D eigenvalue weighted by molar-refractivity contribution is 5.85. The quantitative estimate of drug-likeness (QED) is 0.756. The molecule has 2 atom stereocenters. The van der Waals surface area contributed by atoms with Crippen molar-refractivity contribution in [1.82, 2.24) is 10.2 Å². The van der Waals surface area contributed by atoms with Crippen LogP contribution in [-0.4, -0.2) is 36.0 Å². The fraction of sp³-hybridized carbons (Fsp3) is 0.929. The van der Waals surface area contributed by atoms with Crippen LogP contribution in [-0.2, 0) is 4.79 Å². The number of hydrogen-bond acceptors (Lipinski definition) is 2. The minimum atomic E-state index is 0.147. The first-order chi connectivity index (χ1) is 7.71. The van der Waals surface area contributed by atoms with Crippen LogP contribution in [0.1, 0.15) is 41.5 Å². The molecule has 0 aromatic rings. The van der Waals surface area contributed by atoms with Crippen LogP contribution in [0.5, 0.6) is 0 Å². The van der Waals surface area contributed by atoms with Gasteiger partial charge in [0, 0.05) is 31.1 Å². The van der Waals surface area contributed by atoms with Gasteiger partial charge in [0.1, 0.15) is 0 Å². The van der Waals surface area contributed by atoms with Gasteiger partial charge in [-0.05, 0) is 24.7 Å². The second kappa shape index (κ2) is 3.71. The molecule has 0 aromatic heterocycles. The van der Waals surface area contributed by atoms with E-state index in [0.717, 1.165) is 13.1 Å². The van der Waals surface area contributed by atoms with Crippen LogP contribution >= 0.6 is 0 Å². The van der Waals surface area contributed by atoms with E-state index in [1.54, 1.807) is 0 Å². The summed E-state index contributed by atoms with van der Waals surface area (Å²) in [6.45, 7) is 15.0. The molecule has 1 aliphatic carbocycles. The zero-order valence-electron chi connectivity index (χ0n) is 12.0. The summed E-state index contributed by atoms with van der Waals surface area (Å²) >= 11 is 0. The zero-order valence-corrected chi connectivity index (χ0v) is 12.0. The minimum absolute atomic E-state index is 0.147. The van der Waals surface area contributed by atoms with E-state index in [2.05, 4.69) is 51.8 Å². The third-order valence-corrected chi connectivity index (χ3v) is 5.35. The number of amides is 1. The van der Waals surface area contributed by atoms with Crippen LogP contribution in [0.4, 0.5) is 0 Å². The van der Waals surface area contributed by atoms with Crippen molar-refractivity contribution in [3.63, 3.8) is 0 Å². The number of carbonyl (C=O) groups is 1. The van der Waals surface area contributed by atoms with Gasteiger partial charge in [0.25, 0.3) is 0 Å². The number of carbonyl (C=O) groups excluding carboxylic acids is 1. The smallest absolute Gasteiger partial charge is 0.227 e. The monoisotopic (exact) mass is 238 g/mol. The molecule has 0 bridgehead atoms. The van der Waals surface area contributed by atoms with Crippen molar-refractivity contribution in [3.05, 3.63) is 0 Å². The fourth-order valence-electron chi connectivity index (χ4n) is 3.53. The molecular weight excluding hydrogens is 212 g/mol. The van der Waals surface area contributed by atoms with Gasteiger partial charge >= 0.3 is 0 Å². The fourth-order valence-corrected chi connectivity index (χ4v) is 3.53. The molecule has 2 rings (SSSR count). The second-order valence-electron chi connectivity index (χ2n) is 6.98. The summed E-state index contributed by atoms with van der Waals surface area (Å²) in [5, 5.41) is 3.38. The molecule has 3 nitrogen and oxygen atoms in total. The van der Waals surface area contributed by atoms with E-state index in [1.165, 1.54) is 0 Å². The topological polar surface area (TPSA) is 32.3 Å². The summed E-state index contributed by atoms with van der Waals surface area (Å²) in [5.74, 6) is 0.555. The maximum absolute atomic E-state index is 12.7. The molecule has 17 heavy (non-hydrogen) atoms. The Bertz CT molecular complexity index is 311. The first kappa shape index (κ1) is 12.9. The SMILES string of the molecule is CC1CNCC(C)N1C(=O)C1C(C)(C)C1(C)C. The van der Waals surface area contributed by atoms with Gasteiger partial charge in [0.15, 0.2) is 0 Å². The Balaban J connectivity index is 2.16. The van der Waals surface area contributed by atoms with Crippen LogP contribution in [0.25, 0.3) is 0 Å². The Morgan fingerprint density at radius 2 is 1.47 bits per heavy atom. The molecule has 1 saturated carbocycles. The molecule has 2 aliphatic rings. The zero-order chi connectivity index (χ0) is 13.0. The average molecular weight is 238 g/mol. The lowest BCUT2D eigenvalue weighted by Crippen LogP contribution is -2.58. The van der Waals surface area contributed by atoms with Crippen LogP contribution in [0.3, 0.4) is 0 Å². The van der Waals surface area contributed by atoms with Crippen LogP contribution < -0.4 is 5.32 Å². The maximum Gasteiger partial charge on any atom is 0.227 e. The van der Waals surface area contributed by atoms with Gasteiger partial charge in [-0.15, -0.1) is 0 Å². The highest BCUT2D eigenvalue weighted by atomic mass is 16.2. The number of hydrogen-bond donors (Lipinski definition) is 1. The number of rotatable bonds is 1. The van der Waals surface area contributed by atoms with E-state index in [4.69, 9.17) is 0 Å². The highest BCUT2D eigenvalue weighted by Gasteiger charge is 2.69. The second-order valence-corrected chi connectivity index (χ2v) is 6.98. The summed E-state index contributed by atoms with van der Waals surface area (Å²) in [6.07, 6.45) is 0. The molecule has 0 spiro atoms. The van der Waals surface area contributed by atoms with Gasteiger partial charge in [-0.1, -0.05) is 27.7 Å². The lowest BCUT2D eigenvalue weighted by molar-refractivity contribution is -0.139. The van der Waals surface area contributed by atoms with Gasteiger partial charge < -0.3 is 10.2 Å². The van der Waals surface area contributed by atoms with Gasteiger partial charge in [0.05, 0.1) is 0 Å². The van der Waals surface area contributed by atoms with Gasteiger partial charge in [-0.2, -0.15) is 0 Å². The summed E-state index contributed by atoms with van der Waals surface area (Å²) in [5.41, 5.74) is 0.294. The van der Waals surface area contributed by atoms with Crippen molar-refractivity contribution in [1.29, 1.82) is 0 Å². The third-order valence-electron chi connectivity index (χ3n) is 5.35. The minimum Gasteiger partial charge on any atom is -0.334 e. The van der Waals surface area contributed by atoms with Crippen molar-refractivity contribution < 1.29 is 4.79 Å².